The molecule has 0 atom stereocenters. The number of pyridine rings is 1. The summed E-state index contributed by atoms with van der Waals surface area (Å²) < 4.78 is 144. The maximum Gasteiger partial charge on any atom is 0.416 e. The van der Waals surface area contributed by atoms with Crippen molar-refractivity contribution in [3.8, 4) is 23.5 Å². The summed E-state index contributed by atoms with van der Waals surface area (Å²) in [6.45, 7) is 1.50. The van der Waals surface area contributed by atoms with Gasteiger partial charge in [0.1, 0.15) is 17.7 Å². The minimum Gasteiger partial charge on any atom is -0.481 e. The van der Waals surface area contributed by atoms with Crippen molar-refractivity contribution in [2.75, 3.05) is 51.8 Å². The van der Waals surface area contributed by atoms with Crippen molar-refractivity contribution in [3.63, 3.8) is 0 Å². The number of nitrogens with two attached hydrogens (primary N) is 1. The predicted octanol–water partition coefficient (Wildman–Crippen LogP) is 5.98. The highest BCUT2D eigenvalue weighted by Gasteiger charge is 2.34. The van der Waals surface area contributed by atoms with Crippen molar-refractivity contribution < 1.29 is 76.7 Å². The number of nitro groups is 1. The van der Waals surface area contributed by atoms with Gasteiger partial charge in [-0.05, 0) is 49.2 Å². The van der Waals surface area contributed by atoms with Crippen molar-refractivity contribution in [1.29, 1.82) is 0 Å². The molecule has 6 N–H and O–H groups in total. The Hall–Kier alpha value is -8.44. The number of urea groups is 2. The summed E-state index contributed by atoms with van der Waals surface area (Å²) in [5.74, 6) is -1.11. The maximum absolute atomic E-state index is 12.6. The summed E-state index contributed by atoms with van der Waals surface area (Å²) >= 11 is 11.5. The number of benzene rings is 2. The van der Waals surface area contributed by atoms with Crippen LogP contribution in [0.25, 0.3) is 5.69 Å². The molecule has 4 aromatic heterocycles. The van der Waals surface area contributed by atoms with Gasteiger partial charge < -0.3 is 24.8 Å². The Labute approximate surface area is 440 Å². The van der Waals surface area contributed by atoms with E-state index in [2.05, 4.69) is 45.6 Å². The number of hydrogen-bond acceptors (Lipinski definition) is 20. The van der Waals surface area contributed by atoms with Crippen LogP contribution in [0.15, 0.2) is 76.9 Å². The molecule has 0 bridgehead atoms. The largest absolute Gasteiger partial charge is 0.481 e. The van der Waals surface area contributed by atoms with Gasteiger partial charge in [-0.3, -0.25) is 25.5 Å². The standard InChI is InChI=1S/C15H16F3N5O4S.C15H18N6O6S.C10H5Cl2F3N4O2/c1-9-19-12(22-14(20-9)27-2)21-13(24)23-28(25,26)11-6-4-3-5-10(11)7-8-15(16,17)18;1-21(2)13(22)9-6-5-7-16-12(9)28(24,25)20-15(23)19-14-17-10(26-3)8-11(18-14)27-4;11-5-1-4(10(13,14)15)2-6(12)8(5)18-9(16)7(3-17-18)19(20)21/h3-6H,7-8H2,1-2H3,(H2,19,20,21,22,23,24);5-8H,1-4H3,(H2,17,18,19,20,23);1-3H,16H2. The van der Waals surface area contributed by atoms with Crippen molar-refractivity contribution in [2.24, 2.45) is 0 Å². The first-order valence-corrected chi connectivity index (χ1v) is 24.3. The third-order valence-corrected chi connectivity index (χ3v) is 12.3. The first kappa shape index (κ1) is 61.1. The van der Waals surface area contributed by atoms with E-state index in [0.717, 1.165) is 16.9 Å². The van der Waals surface area contributed by atoms with Crippen LogP contribution in [0.2, 0.25) is 10.0 Å². The molecule has 0 spiro atoms. The Morgan fingerprint density at radius 1 is 0.805 bits per heavy atom. The number of ether oxygens (including phenoxy) is 3. The van der Waals surface area contributed by atoms with Crippen LogP contribution in [0.3, 0.4) is 0 Å². The van der Waals surface area contributed by atoms with Gasteiger partial charge in [0, 0.05) is 26.7 Å². The van der Waals surface area contributed by atoms with Gasteiger partial charge >= 0.3 is 36.1 Å². The SMILES string of the molecule is COc1cc(OC)nc(NC(=O)NS(=O)(=O)c2ncccc2C(=O)N(C)C)n1.COc1nc(C)nc(NC(=O)NS(=O)(=O)c2ccccc2CCC(F)(F)F)n1.Nc1c([N+](=O)[O-])cnn1-c1c(Cl)cc(C(F)(F)F)cc1Cl. The predicted molar refractivity (Wildman–Crippen MR) is 258 cm³/mol. The second-order valence-corrected chi connectivity index (χ2v) is 18.8. The fourth-order valence-corrected chi connectivity index (χ4v) is 8.59. The third-order valence-electron chi connectivity index (χ3n) is 9.05. The van der Waals surface area contributed by atoms with Gasteiger partial charge in [0.05, 0.1) is 58.4 Å². The summed E-state index contributed by atoms with van der Waals surface area (Å²) in [4.78, 5) is 69.7. The van der Waals surface area contributed by atoms with Gasteiger partial charge in [-0.25, -0.2) is 37.1 Å². The van der Waals surface area contributed by atoms with Crippen LogP contribution in [0, 0.1) is 17.0 Å². The number of carbonyl (C=O) groups is 3. The molecule has 0 fully saturated rings. The average molecular weight is 1170 g/mol. The fraction of sp³-hybridized carbons (Fsp3) is 0.250. The van der Waals surface area contributed by atoms with Crippen molar-refractivity contribution in [2.45, 2.75) is 42.0 Å². The van der Waals surface area contributed by atoms with Gasteiger partial charge in [-0.2, -0.15) is 64.8 Å². The number of hydrogen-bond donors (Lipinski definition) is 5. The summed E-state index contributed by atoms with van der Waals surface area (Å²) in [6.07, 6.45) is -8.79. The van der Waals surface area contributed by atoms with Crippen LogP contribution in [0.5, 0.6) is 17.8 Å². The zero-order valence-electron chi connectivity index (χ0n) is 40.1. The summed E-state index contributed by atoms with van der Waals surface area (Å²) in [5.41, 5.74) is 3.52. The summed E-state index contributed by atoms with van der Waals surface area (Å²) in [6, 6.07) is 7.98. The molecule has 0 aliphatic rings. The topological polar surface area (TPSA) is 363 Å². The lowest BCUT2D eigenvalue weighted by atomic mass is 10.1. The highest BCUT2D eigenvalue weighted by molar-refractivity contribution is 7.90. The maximum atomic E-state index is 12.6. The Bertz CT molecular complexity index is 3350. The number of anilines is 3. The monoisotopic (exact) mass is 1170 g/mol. The normalized spacial score (nSPS) is 11.4. The average Bonchev–Trinajstić information content (AvgIpc) is 3.72. The molecule has 6 aromatic rings. The number of aryl methyl sites for hydroxylation is 2. The number of rotatable bonds is 14. The number of sulfonamides is 2. The van der Waals surface area contributed by atoms with Gasteiger partial charge in [0.2, 0.25) is 29.5 Å². The molecule has 5 amide bonds. The number of alkyl halides is 6. The first-order chi connectivity index (χ1) is 35.8. The smallest absolute Gasteiger partial charge is 0.416 e. The molecule has 0 saturated heterocycles. The van der Waals surface area contributed by atoms with Crippen molar-refractivity contribution in [1.82, 2.24) is 54.0 Å². The summed E-state index contributed by atoms with van der Waals surface area (Å²) in [5, 5.41) is 17.2. The van der Waals surface area contributed by atoms with E-state index in [9.17, 15) is 67.7 Å². The number of amides is 5. The molecule has 6 rings (SSSR count). The minimum atomic E-state index is -4.63. The molecule has 37 heteroatoms. The molecule has 414 valence electrons. The molecule has 4 heterocycles. The molecule has 0 aliphatic heterocycles. The minimum absolute atomic E-state index is 0.0715. The second kappa shape index (κ2) is 25.4. The van der Waals surface area contributed by atoms with E-state index < -0.39 is 95.1 Å². The van der Waals surface area contributed by atoms with E-state index in [1.54, 1.807) is 9.44 Å². The molecule has 0 radical (unpaired) electrons. The van der Waals surface area contributed by atoms with Crippen LogP contribution in [-0.4, -0.2) is 126 Å². The number of aromatic nitrogens is 8. The molecule has 77 heavy (non-hydrogen) atoms. The number of carbonyl (C=O) groups excluding carboxylic acids is 3. The quantitative estimate of drug-likeness (QED) is 0.0475. The molecule has 0 unspecified atom stereocenters. The van der Waals surface area contributed by atoms with Gasteiger partial charge in [-0.15, -0.1) is 0 Å². The van der Waals surface area contributed by atoms with Gasteiger partial charge in [-0.1, -0.05) is 41.4 Å². The molecular weight excluding hydrogens is 1130 g/mol. The number of halogens is 8. The third kappa shape index (κ3) is 17.0. The number of nitrogens with one attached hydrogen (secondary N) is 4. The lowest BCUT2D eigenvalue weighted by Gasteiger charge is -2.14. The van der Waals surface area contributed by atoms with Crippen LogP contribution in [-0.2, 0) is 32.6 Å². The molecule has 27 nitrogen and oxygen atoms in total. The number of nitrogen functional groups attached to an aromatic ring is 1. The lowest BCUT2D eigenvalue weighted by molar-refractivity contribution is -0.383. The van der Waals surface area contributed by atoms with Crippen LogP contribution in [0.1, 0.15) is 33.7 Å². The second-order valence-electron chi connectivity index (χ2n) is 14.7. The van der Waals surface area contributed by atoms with E-state index >= 15 is 0 Å². The van der Waals surface area contributed by atoms with E-state index in [-0.39, 0.29) is 62.4 Å². The highest BCUT2D eigenvalue weighted by atomic mass is 35.5. The van der Waals surface area contributed by atoms with E-state index in [1.165, 1.54) is 89.8 Å². The van der Waals surface area contributed by atoms with Crippen LogP contribution in [0.4, 0.5) is 59.3 Å². The fourth-order valence-electron chi connectivity index (χ4n) is 5.73. The molecule has 2 aromatic carbocycles. The van der Waals surface area contributed by atoms with Crippen LogP contribution >= 0.6 is 23.2 Å². The zero-order chi connectivity index (χ0) is 57.8. The summed E-state index contributed by atoms with van der Waals surface area (Å²) in [7, 11) is -1.99. The van der Waals surface area contributed by atoms with Gasteiger partial charge in [0.15, 0.2) is 5.03 Å². The Balaban J connectivity index is 0.000000252. The number of nitrogens with zero attached hydrogens (tertiary/aromatic N) is 10. The lowest BCUT2D eigenvalue weighted by Crippen LogP contribution is -2.36. The Morgan fingerprint density at radius 3 is 1.87 bits per heavy atom. The van der Waals surface area contributed by atoms with Crippen molar-refractivity contribution in [3.05, 3.63) is 110 Å². The van der Waals surface area contributed by atoms with Crippen LogP contribution < -0.4 is 40.0 Å². The van der Waals surface area contributed by atoms with Crippen molar-refractivity contribution >= 4 is 84.6 Å². The Morgan fingerprint density at radius 2 is 1.36 bits per heavy atom. The van der Waals surface area contributed by atoms with Gasteiger partial charge in [0.25, 0.3) is 26.0 Å². The van der Waals surface area contributed by atoms with E-state index in [1.807, 2.05) is 0 Å². The molecule has 0 saturated carbocycles. The number of methoxy groups -OCH3 is 3. The molecular formula is C40H39Cl2F6N15O12S2. The molecule has 0 aliphatic carbocycles. The zero-order valence-corrected chi connectivity index (χ0v) is 43.2. The van der Waals surface area contributed by atoms with E-state index in [4.69, 9.17) is 43.1 Å². The van der Waals surface area contributed by atoms with E-state index in [0.29, 0.717) is 12.1 Å². The first-order valence-electron chi connectivity index (χ1n) is 20.6. The Kier molecular flexibility index (Phi) is 20.2. The highest BCUT2D eigenvalue weighted by Crippen LogP contribution is 2.39.